The molecule has 12 heteroatoms. The molecule has 1 aliphatic heterocycles. The monoisotopic (exact) mass is 594 g/mol. The van der Waals surface area contributed by atoms with Crippen LogP contribution in [0.4, 0.5) is 4.79 Å². The van der Waals surface area contributed by atoms with E-state index in [1.807, 2.05) is 48.6 Å². The number of rotatable bonds is 14. The van der Waals surface area contributed by atoms with Gasteiger partial charge >= 0.3 is 12.0 Å². The summed E-state index contributed by atoms with van der Waals surface area (Å²) >= 11 is 1.26. The van der Waals surface area contributed by atoms with E-state index in [0.29, 0.717) is 18.0 Å². The molecule has 0 saturated carbocycles. The third kappa shape index (κ3) is 8.64. The fourth-order valence-corrected chi connectivity index (χ4v) is 6.06. The molecular weight excluding hydrogens is 544 g/mol. The van der Waals surface area contributed by atoms with E-state index < -0.39 is 23.6 Å². The first-order valence-electron chi connectivity index (χ1n) is 14.8. The summed E-state index contributed by atoms with van der Waals surface area (Å²) in [6, 6.07) is -1.90. The zero-order valence-electron chi connectivity index (χ0n) is 26.2. The average molecular weight is 595 g/mol. The van der Waals surface area contributed by atoms with E-state index in [2.05, 4.69) is 25.8 Å². The van der Waals surface area contributed by atoms with Crippen LogP contribution in [-0.4, -0.2) is 90.0 Å². The smallest absolute Gasteiger partial charge is 0.357 e. The Morgan fingerprint density at radius 1 is 1.17 bits per heavy atom. The van der Waals surface area contributed by atoms with Crippen LogP contribution in [0.3, 0.4) is 0 Å². The van der Waals surface area contributed by atoms with Crippen LogP contribution in [0.2, 0.25) is 0 Å². The van der Waals surface area contributed by atoms with Gasteiger partial charge in [0, 0.05) is 25.0 Å². The van der Waals surface area contributed by atoms with Gasteiger partial charge in [0.1, 0.15) is 11.0 Å². The topological polar surface area (TPSA) is 133 Å². The van der Waals surface area contributed by atoms with Gasteiger partial charge in [-0.2, -0.15) is 0 Å². The lowest BCUT2D eigenvalue weighted by atomic mass is 9.91. The van der Waals surface area contributed by atoms with E-state index in [9.17, 15) is 19.2 Å². The lowest BCUT2D eigenvalue weighted by molar-refractivity contribution is -0.142. The molecule has 1 fully saturated rings. The molecule has 1 unspecified atom stereocenters. The lowest BCUT2D eigenvalue weighted by Crippen LogP contribution is -2.60. The van der Waals surface area contributed by atoms with Gasteiger partial charge in [-0.05, 0) is 65.5 Å². The maximum absolute atomic E-state index is 14.1. The van der Waals surface area contributed by atoms with Gasteiger partial charge in [0.15, 0.2) is 5.69 Å². The molecular formula is C29H50N6O5S. The fraction of sp³-hybridized carbons (Fsp3) is 0.759. The standard InChI is InChI=1S/C29H50N6O5S/c1-10-19(6)23(33-27(38)29(7)14-13-15-34(29)8)25(36)35(9)22(18(4)5)16-20(32-28(39)30-11-2)24-31-21(17-41-24)26(37)40-12-3/h17-20,22-23H,10-16H2,1-9H3,(H,33,38)(H2,30,32,39)/t19?,20-,22-,23+,29-/m1/s1. The summed E-state index contributed by atoms with van der Waals surface area (Å²) in [5.74, 6) is -0.867. The summed E-state index contributed by atoms with van der Waals surface area (Å²) in [5, 5.41) is 11.0. The first-order chi connectivity index (χ1) is 19.3. The van der Waals surface area contributed by atoms with Gasteiger partial charge in [0.25, 0.3) is 0 Å². The van der Waals surface area contributed by atoms with Gasteiger partial charge in [-0.25, -0.2) is 14.6 Å². The summed E-state index contributed by atoms with van der Waals surface area (Å²) in [6.07, 6.45) is 2.78. The van der Waals surface area contributed by atoms with Crippen LogP contribution in [0, 0.1) is 11.8 Å². The van der Waals surface area contributed by atoms with Gasteiger partial charge in [-0.15, -0.1) is 11.3 Å². The number of hydrogen-bond acceptors (Lipinski definition) is 8. The maximum atomic E-state index is 14.1. The molecule has 0 aromatic carbocycles. The molecule has 1 aliphatic rings. The lowest BCUT2D eigenvalue weighted by Gasteiger charge is -2.38. The van der Waals surface area contributed by atoms with Crippen LogP contribution in [0.25, 0.3) is 0 Å². The normalized spacial score (nSPS) is 20.1. The highest BCUT2D eigenvalue weighted by Gasteiger charge is 2.43. The van der Waals surface area contributed by atoms with Crippen LogP contribution in [-0.2, 0) is 14.3 Å². The summed E-state index contributed by atoms with van der Waals surface area (Å²) < 4.78 is 5.09. The van der Waals surface area contributed by atoms with Gasteiger partial charge in [-0.3, -0.25) is 14.5 Å². The van der Waals surface area contributed by atoms with Crippen molar-refractivity contribution in [3.8, 4) is 0 Å². The zero-order chi connectivity index (χ0) is 30.9. The number of amides is 4. The largest absolute Gasteiger partial charge is 0.461 e. The highest BCUT2D eigenvalue weighted by Crippen LogP contribution is 2.30. The van der Waals surface area contributed by atoms with E-state index in [0.717, 1.165) is 25.8 Å². The Bertz CT molecular complexity index is 1050. The Balaban J connectivity index is 2.34. The average Bonchev–Trinajstić information content (AvgIpc) is 3.56. The molecule has 0 bridgehead atoms. The van der Waals surface area contributed by atoms with Crippen LogP contribution in [0.5, 0.6) is 0 Å². The Morgan fingerprint density at radius 3 is 2.39 bits per heavy atom. The quantitative estimate of drug-likeness (QED) is 0.281. The van der Waals surface area contributed by atoms with Crippen molar-refractivity contribution < 1.29 is 23.9 Å². The molecule has 4 amide bonds. The third-order valence-electron chi connectivity index (χ3n) is 8.29. The number of esters is 1. The Labute approximate surface area is 249 Å². The number of carbonyl (C=O) groups is 4. The molecule has 0 radical (unpaired) electrons. The molecule has 1 saturated heterocycles. The molecule has 0 spiro atoms. The Kier molecular flexibility index (Phi) is 13.0. The number of likely N-dealkylation sites (N-methyl/N-ethyl adjacent to an activating group) is 2. The number of aromatic nitrogens is 1. The number of thiazole rings is 1. The van der Waals surface area contributed by atoms with Gasteiger partial charge < -0.3 is 25.6 Å². The number of hydrogen-bond donors (Lipinski definition) is 3. The summed E-state index contributed by atoms with van der Waals surface area (Å²) in [7, 11) is 3.70. The Hall–Kier alpha value is -2.73. The minimum Gasteiger partial charge on any atom is -0.461 e. The van der Waals surface area contributed by atoms with Crippen LogP contribution in [0.15, 0.2) is 5.38 Å². The van der Waals surface area contributed by atoms with Gasteiger partial charge in [0.05, 0.1) is 18.2 Å². The minimum absolute atomic E-state index is 0.0266. The van der Waals surface area contributed by atoms with Crippen molar-refractivity contribution in [3.05, 3.63) is 16.1 Å². The highest BCUT2D eigenvalue weighted by molar-refractivity contribution is 7.09. The SMILES string of the molecule is CCNC(=O)N[C@H](C[C@H](C(C)C)N(C)C(=O)[C@@H](NC(=O)[C@@]1(C)CCCN1C)C(C)CC)c1nc(C(=O)OCC)cs1. The van der Waals surface area contributed by atoms with E-state index in [4.69, 9.17) is 4.74 Å². The van der Waals surface area contributed by atoms with E-state index in [-0.39, 0.29) is 48.0 Å². The summed E-state index contributed by atoms with van der Waals surface area (Å²) in [6.45, 7) is 15.0. The predicted octanol–water partition coefficient (Wildman–Crippen LogP) is 3.57. The molecule has 5 atom stereocenters. The van der Waals surface area contributed by atoms with E-state index in [1.54, 1.807) is 24.3 Å². The maximum Gasteiger partial charge on any atom is 0.357 e. The molecule has 11 nitrogen and oxygen atoms in total. The van der Waals surface area contributed by atoms with Crippen molar-refractivity contribution in [3.63, 3.8) is 0 Å². The second-order valence-corrected chi connectivity index (χ2v) is 12.4. The van der Waals surface area contributed by atoms with Crippen molar-refractivity contribution in [2.45, 2.75) is 97.8 Å². The van der Waals surface area contributed by atoms with Crippen LogP contribution in [0.1, 0.15) is 95.7 Å². The zero-order valence-corrected chi connectivity index (χ0v) is 27.0. The minimum atomic E-state index is -0.686. The highest BCUT2D eigenvalue weighted by atomic mass is 32.1. The molecule has 1 aromatic heterocycles. The third-order valence-corrected chi connectivity index (χ3v) is 9.25. The number of likely N-dealkylation sites (tertiary alicyclic amines) is 1. The van der Waals surface area contributed by atoms with Gasteiger partial charge in [0.2, 0.25) is 11.8 Å². The number of carbonyl (C=O) groups excluding carboxylic acids is 4. The van der Waals surface area contributed by atoms with Crippen molar-refractivity contribution in [2.75, 3.05) is 33.8 Å². The second-order valence-electron chi connectivity index (χ2n) is 11.5. The molecule has 232 valence electrons. The number of ether oxygens (including phenoxy) is 1. The summed E-state index contributed by atoms with van der Waals surface area (Å²) in [4.78, 5) is 60.6. The number of nitrogens with one attached hydrogen (secondary N) is 3. The van der Waals surface area contributed by atoms with Crippen LogP contribution >= 0.6 is 11.3 Å². The first-order valence-corrected chi connectivity index (χ1v) is 15.6. The molecule has 0 aliphatic carbocycles. The Morgan fingerprint density at radius 2 is 1.85 bits per heavy atom. The molecule has 3 N–H and O–H groups in total. The molecule has 1 aromatic rings. The molecule has 2 heterocycles. The molecule has 41 heavy (non-hydrogen) atoms. The van der Waals surface area contributed by atoms with Crippen LogP contribution < -0.4 is 16.0 Å². The van der Waals surface area contributed by atoms with Crippen molar-refractivity contribution in [1.29, 1.82) is 0 Å². The van der Waals surface area contributed by atoms with E-state index in [1.165, 1.54) is 11.3 Å². The number of nitrogens with zero attached hydrogens (tertiary/aromatic N) is 3. The first kappa shape index (κ1) is 34.5. The number of urea groups is 1. The van der Waals surface area contributed by atoms with E-state index >= 15 is 0 Å². The summed E-state index contributed by atoms with van der Waals surface area (Å²) in [5.41, 5.74) is -0.462. The van der Waals surface area contributed by atoms with Crippen molar-refractivity contribution >= 4 is 35.2 Å². The molecule has 2 rings (SSSR count). The predicted molar refractivity (Wildman–Crippen MR) is 161 cm³/mol. The van der Waals surface area contributed by atoms with Gasteiger partial charge in [-0.1, -0.05) is 34.1 Å². The fourth-order valence-electron chi connectivity index (χ4n) is 5.20. The second kappa shape index (κ2) is 15.5. The van der Waals surface area contributed by atoms with Crippen molar-refractivity contribution in [2.24, 2.45) is 11.8 Å². The van der Waals surface area contributed by atoms with Crippen molar-refractivity contribution in [1.82, 2.24) is 30.7 Å².